The fourth-order valence-electron chi connectivity index (χ4n) is 3.91. The van der Waals surface area contributed by atoms with Gasteiger partial charge < -0.3 is 0 Å². The fraction of sp³-hybridized carbons (Fsp3) is 0.280. The largest absolute Gasteiger partial charge is 0.277 e. The van der Waals surface area contributed by atoms with E-state index in [9.17, 15) is 8.42 Å². The zero-order valence-electron chi connectivity index (χ0n) is 18.8. The SMILES string of the molecule is CCN1Cc2ccccc2N1c1cc(Cl)ccc1NS(=O)(=O)c1ccc(C(C)(C)C)cc1. The highest BCUT2D eigenvalue weighted by atomic mass is 35.5. The lowest BCUT2D eigenvalue weighted by atomic mass is 9.87. The Morgan fingerprint density at radius 3 is 2.31 bits per heavy atom. The maximum absolute atomic E-state index is 13.2. The monoisotopic (exact) mass is 469 g/mol. The summed E-state index contributed by atoms with van der Waals surface area (Å²) in [6.07, 6.45) is 0. The number of fused-ring (bicyclic) bond motifs is 1. The molecule has 0 unspecified atom stereocenters. The highest BCUT2D eigenvalue weighted by Gasteiger charge is 2.30. The second-order valence-electron chi connectivity index (χ2n) is 8.96. The van der Waals surface area contributed by atoms with Crippen molar-refractivity contribution in [3.05, 3.63) is 82.9 Å². The first-order valence-corrected chi connectivity index (χ1v) is 12.5. The highest BCUT2D eigenvalue weighted by Crippen LogP contribution is 2.42. The van der Waals surface area contributed by atoms with Crippen LogP contribution < -0.4 is 9.73 Å². The molecule has 1 N–H and O–H groups in total. The Morgan fingerprint density at radius 2 is 1.66 bits per heavy atom. The van der Waals surface area contributed by atoms with E-state index in [0.717, 1.165) is 24.3 Å². The van der Waals surface area contributed by atoms with Crippen LogP contribution >= 0.6 is 11.6 Å². The van der Waals surface area contributed by atoms with Crippen LogP contribution in [0, 0.1) is 0 Å². The maximum Gasteiger partial charge on any atom is 0.261 e. The van der Waals surface area contributed by atoms with Crippen molar-refractivity contribution in [2.24, 2.45) is 0 Å². The summed E-state index contributed by atoms with van der Waals surface area (Å²) >= 11 is 6.34. The minimum Gasteiger partial charge on any atom is -0.277 e. The van der Waals surface area contributed by atoms with E-state index in [0.29, 0.717) is 16.4 Å². The molecule has 0 amide bonds. The summed E-state index contributed by atoms with van der Waals surface area (Å²) in [4.78, 5) is 0.223. The second-order valence-corrected chi connectivity index (χ2v) is 11.1. The number of rotatable bonds is 5. The second kappa shape index (κ2) is 8.43. The molecule has 0 bridgehead atoms. The summed E-state index contributed by atoms with van der Waals surface area (Å²) < 4.78 is 29.3. The molecule has 4 rings (SSSR count). The summed E-state index contributed by atoms with van der Waals surface area (Å²) in [7, 11) is -3.78. The molecule has 0 atom stereocenters. The number of nitrogens with zero attached hydrogens (tertiary/aromatic N) is 2. The summed E-state index contributed by atoms with van der Waals surface area (Å²) in [5.74, 6) is 0. The molecule has 1 heterocycles. The molecule has 168 valence electrons. The van der Waals surface area contributed by atoms with Crippen molar-refractivity contribution in [3.8, 4) is 0 Å². The third kappa shape index (κ3) is 4.35. The van der Waals surface area contributed by atoms with Crippen molar-refractivity contribution < 1.29 is 8.42 Å². The number of sulfonamides is 1. The normalized spacial score (nSPS) is 14.5. The van der Waals surface area contributed by atoms with Crippen LogP contribution in [0.5, 0.6) is 0 Å². The van der Waals surface area contributed by atoms with E-state index < -0.39 is 10.0 Å². The topological polar surface area (TPSA) is 52.6 Å². The fourth-order valence-corrected chi connectivity index (χ4v) is 5.15. The van der Waals surface area contributed by atoms with Crippen LogP contribution in [0.4, 0.5) is 17.1 Å². The first-order chi connectivity index (χ1) is 15.1. The van der Waals surface area contributed by atoms with Gasteiger partial charge >= 0.3 is 0 Å². The van der Waals surface area contributed by atoms with Gasteiger partial charge in [-0.25, -0.2) is 13.4 Å². The molecule has 5 nitrogen and oxygen atoms in total. The van der Waals surface area contributed by atoms with Gasteiger partial charge in [-0.05, 0) is 52.9 Å². The quantitative estimate of drug-likeness (QED) is 0.474. The summed E-state index contributed by atoms with van der Waals surface area (Å²) in [6.45, 7) is 9.89. The van der Waals surface area contributed by atoms with E-state index in [2.05, 4.69) is 43.5 Å². The van der Waals surface area contributed by atoms with E-state index in [1.54, 1.807) is 30.3 Å². The maximum atomic E-state index is 13.2. The van der Waals surface area contributed by atoms with E-state index in [1.807, 2.05) is 35.3 Å². The minimum atomic E-state index is -3.78. The average Bonchev–Trinajstić information content (AvgIpc) is 3.13. The van der Waals surface area contributed by atoms with Crippen molar-refractivity contribution in [1.82, 2.24) is 5.01 Å². The number of hydrogen-bond acceptors (Lipinski definition) is 4. The third-order valence-electron chi connectivity index (χ3n) is 5.68. The van der Waals surface area contributed by atoms with Crippen LogP contribution in [0.3, 0.4) is 0 Å². The molecule has 1 aliphatic rings. The van der Waals surface area contributed by atoms with Gasteiger partial charge in [0.2, 0.25) is 0 Å². The molecule has 32 heavy (non-hydrogen) atoms. The lowest BCUT2D eigenvalue weighted by molar-refractivity contribution is 0.309. The van der Waals surface area contributed by atoms with Crippen LogP contribution in [0.25, 0.3) is 0 Å². The van der Waals surface area contributed by atoms with E-state index in [1.165, 1.54) is 5.56 Å². The molecular weight excluding hydrogens is 442 g/mol. The summed E-state index contributed by atoms with van der Waals surface area (Å²) in [5, 5.41) is 4.74. The lowest BCUT2D eigenvalue weighted by Gasteiger charge is -2.31. The van der Waals surface area contributed by atoms with Crippen molar-refractivity contribution in [2.45, 2.75) is 44.6 Å². The molecule has 0 aromatic heterocycles. The number of hydrogen-bond donors (Lipinski definition) is 1. The van der Waals surface area contributed by atoms with Gasteiger partial charge in [0.25, 0.3) is 10.0 Å². The van der Waals surface area contributed by atoms with Crippen molar-refractivity contribution >= 4 is 38.7 Å². The molecule has 0 saturated heterocycles. The molecule has 0 aliphatic carbocycles. The first-order valence-electron chi connectivity index (χ1n) is 10.7. The zero-order chi connectivity index (χ0) is 23.1. The number of hydrazine groups is 1. The Balaban J connectivity index is 1.73. The van der Waals surface area contributed by atoms with E-state index >= 15 is 0 Å². The number of nitrogens with one attached hydrogen (secondary N) is 1. The van der Waals surface area contributed by atoms with Gasteiger partial charge in [-0.2, -0.15) is 0 Å². The molecule has 1 aliphatic heterocycles. The minimum absolute atomic E-state index is 0.0498. The van der Waals surface area contributed by atoms with Gasteiger partial charge in [-0.1, -0.05) is 69.6 Å². The van der Waals surface area contributed by atoms with Crippen LogP contribution in [-0.2, 0) is 22.0 Å². The molecule has 0 fully saturated rings. The Kier molecular flexibility index (Phi) is 5.96. The number of halogens is 1. The van der Waals surface area contributed by atoms with E-state index in [4.69, 9.17) is 11.6 Å². The summed E-state index contributed by atoms with van der Waals surface area (Å²) in [5.41, 5.74) is 4.40. The molecule has 7 heteroatoms. The molecule has 3 aromatic carbocycles. The zero-order valence-corrected chi connectivity index (χ0v) is 20.3. The third-order valence-corrected chi connectivity index (χ3v) is 7.30. The van der Waals surface area contributed by atoms with Gasteiger partial charge in [-0.15, -0.1) is 0 Å². The summed E-state index contributed by atoms with van der Waals surface area (Å²) in [6, 6.07) is 20.4. The molecule has 0 spiro atoms. The van der Waals surface area contributed by atoms with Crippen LogP contribution in [0.2, 0.25) is 5.02 Å². The predicted octanol–water partition coefficient (Wildman–Crippen LogP) is 6.33. The van der Waals surface area contributed by atoms with Crippen molar-refractivity contribution in [2.75, 3.05) is 16.3 Å². The Hall–Kier alpha value is -2.54. The molecule has 3 aromatic rings. The molecule has 0 saturated carbocycles. The number of para-hydroxylation sites is 1. The number of benzene rings is 3. The Morgan fingerprint density at radius 1 is 0.969 bits per heavy atom. The molecule has 0 radical (unpaired) electrons. The van der Waals surface area contributed by atoms with Gasteiger partial charge in [0.1, 0.15) is 0 Å². The van der Waals surface area contributed by atoms with E-state index in [-0.39, 0.29) is 10.3 Å². The van der Waals surface area contributed by atoms with Crippen LogP contribution in [0.15, 0.2) is 71.6 Å². The predicted molar refractivity (Wildman–Crippen MR) is 132 cm³/mol. The van der Waals surface area contributed by atoms with Gasteiger partial charge in [-0.3, -0.25) is 9.73 Å². The lowest BCUT2D eigenvalue weighted by Crippen LogP contribution is -2.34. The first kappa shape index (κ1) is 22.6. The van der Waals surface area contributed by atoms with Gasteiger partial charge in [0, 0.05) is 18.1 Å². The van der Waals surface area contributed by atoms with Crippen LogP contribution in [-0.4, -0.2) is 20.0 Å². The standard InChI is InChI=1S/C25H28ClN3O2S/c1-5-28-17-18-8-6-7-9-23(18)29(28)24-16-20(26)12-15-22(24)27-32(30,31)21-13-10-19(11-14-21)25(2,3)4/h6-16,27H,5,17H2,1-4H3. The van der Waals surface area contributed by atoms with Gasteiger partial charge in [0.05, 0.1) is 22.0 Å². The Labute approximate surface area is 195 Å². The molecular formula is C25H28ClN3O2S. The smallest absolute Gasteiger partial charge is 0.261 e. The van der Waals surface area contributed by atoms with Crippen molar-refractivity contribution in [1.29, 1.82) is 0 Å². The van der Waals surface area contributed by atoms with Crippen LogP contribution in [0.1, 0.15) is 38.8 Å². The Bertz CT molecular complexity index is 1230. The average molecular weight is 470 g/mol. The van der Waals surface area contributed by atoms with Gasteiger partial charge in [0.15, 0.2) is 0 Å². The van der Waals surface area contributed by atoms with Crippen molar-refractivity contribution in [3.63, 3.8) is 0 Å². The number of anilines is 3. The highest BCUT2D eigenvalue weighted by molar-refractivity contribution is 7.92.